The van der Waals surface area contributed by atoms with Gasteiger partial charge in [0.05, 0.1) is 0 Å². The largest absolute Gasteiger partial charge is 0.301 e. The maximum atomic E-state index is 2.45. The first-order chi connectivity index (χ1) is 3.29. The Hall–Kier alpha value is 0.250. The fourth-order valence-corrected chi connectivity index (χ4v) is 0.770. The van der Waals surface area contributed by atoms with Gasteiger partial charge in [0.25, 0.3) is 0 Å². The maximum Gasteiger partial charge on any atom is 0.0110 e. The molecule has 0 aromatic carbocycles. The fraction of sp³-hybridized carbons (Fsp3) is 1.00. The lowest BCUT2D eigenvalue weighted by Crippen LogP contribution is -2.05. The molecule has 0 spiro atoms. The molecule has 50 valence electrons. The van der Waals surface area contributed by atoms with E-state index in [-0.39, 0.29) is 12.4 Å². The molecule has 1 aliphatic rings. The molecular weight excluding hydrogens is 122 g/mol. The van der Waals surface area contributed by atoms with Gasteiger partial charge in [-0.3, -0.25) is 0 Å². The molecule has 0 saturated carbocycles. The van der Waals surface area contributed by atoms with E-state index in [0.717, 1.165) is 5.92 Å². The standard InChI is InChI=1S/C6H13N.ClH/c1-6(2)5-7-3-4-7;/h6H,3-5H2,1-2H3;1H. The number of halogens is 1. The lowest BCUT2D eigenvalue weighted by Gasteiger charge is -2.01. The van der Waals surface area contributed by atoms with Crippen LogP contribution in [0.25, 0.3) is 0 Å². The number of hydrogen-bond acceptors (Lipinski definition) is 1. The van der Waals surface area contributed by atoms with Crippen LogP contribution in [0.5, 0.6) is 0 Å². The van der Waals surface area contributed by atoms with Gasteiger partial charge in [0, 0.05) is 19.6 Å². The molecule has 0 aromatic heterocycles. The van der Waals surface area contributed by atoms with E-state index in [2.05, 4.69) is 18.7 Å². The van der Waals surface area contributed by atoms with Crippen LogP contribution in [0.3, 0.4) is 0 Å². The second-order valence-electron chi connectivity index (χ2n) is 2.69. The zero-order valence-electron chi connectivity index (χ0n) is 5.55. The maximum absolute atomic E-state index is 2.45. The summed E-state index contributed by atoms with van der Waals surface area (Å²) in [7, 11) is 0. The third-order valence-electron chi connectivity index (χ3n) is 1.16. The first-order valence-electron chi connectivity index (χ1n) is 3.01. The molecule has 1 heterocycles. The topological polar surface area (TPSA) is 3.01 Å². The van der Waals surface area contributed by atoms with E-state index in [0.29, 0.717) is 0 Å². The van der Waals surface area contributed by atoms with Crippen molar-refractivity contribution in [2.24, 2.45) is 5.92 Å². The van der Waals surface area contributed by atoms with Gasteiger partial charge in [-0.2, -0.15) is 0 Å². The second kappa shape index (κ2) is 3.31. The lowest BCUT2D eigenvalue weighted by molar-refractivity contribution is 0.459. The number of hydrogen-bond donors (Lipinski definition) is 0. The van der Waals surface area contributed by atoms with Crippen molar-refractivity contribution < 1.29 is 0 Å². The highest BCUT2D eigenvalue weighted by Gasteiger charge is 2.16. The van der Waals surface area contributed by atoms with E-state index in [1.165, 1.54) is 19.6 Å². The molecule has 1 saturated heterocycles. The molecule has 1 fully saturated rings. The summed E-state index contributed by atoms with van der Waals surface area (Å²) in [5.41, 5.74) is 0. The van der Waals surface area contributed by atoms with Crippen molar-refractivity contribution in [3.63, 3.8) is 0 Å². The number of rotatable bonds is 2. The van der Waals surface area contributed by atoms with Crippen molar-refractivity contribution in [3.8, 4) is 0 Å². The first kappa shape index (κ1) is 8.25. The Labute approximate surface area is 57.5 Å². The fourth-order valence-electron chi connectivity index (χ4n) is 0.770. The molecule has 0 N–H and O–H groups in total. The van der Waals surface area contributed by atoms with Gasteiger partial charge in [-0.15, -0.1) is 12.4 Å². The summed E-state index contributed by atoms with van der Waals surface area (Å²) in [6.07, 6.45) is 0. The Morgan fingerprint density at radius 1 is 1.38 bits per heavy atom. The summed E-state index contributed by atoms with van der Waals surface area (Å²) in [5, 5.41) is 0. The Bertz CT molecular complexity index is 59.5. The quantitative estimate of drug-likeness (QED) is 0.517. The van der Waals surface area contributed by atoms with E-state index in [1.54, 1.807) is 0 Å². The van der Waals surface area contributed by atoms with Gasteiger partial charge in [0.15, 0.2) is 0 Å². The molecule has 1 rings (SSSR count). The molecule has 0 bridgehead atoms. The van der Waals surface area contributed by atoms with Crippen molar-refractivity contribution in [1.82, 2.24) is 4.90 Å². The number of nitrogens with zero attached hydrogens (tertiary/aromatic N) is 1. The average molecular weight is 136 g/mol. The highest BCUT2D eigenvalue weighted by atomic mass is 35.5. The van der Waals surface area contributed by atoms with Gasteiger partial charge >= 0.3 is 0 Å². The monoisotopic (exact) mass is 135 g/mol. The highest BCUT2D eigenvalue weighted by molar-refractivity contribution is 5.85. The van der Waals surface area contributed by atoms with Crippen molar-refractivity contribution in [2.75, 3.05) is 19.6 Å². The zero-order valence-corrected chi connectivity index (χ0v) is 6.37. The molecular formula is C6H14ClN. The van der Waals surface area contributed by atoms with Crippen LogP contribution in [-0.2, 0) is 0 Å². The molecule has 1 nitrogen and oxygen atoms in total. The van der Waals surface area contributed by atoms with Crippen LogP contribution < -0.4 is 0 Å². The van der Waals surface area contributed by atoms with E-state index in [4.69, 9.17) is 0 Å². The Kier molecular flexibility index (Phi) is 3.41. The third kappa shape index (κ3) is 3.28. The predicted octanol–water partition coefficient (Wildman–Crippen LogP) is 1.38. The summed E-state index contributed by atoms with van der Waals surface area (Å²) in [5.74, 6) is 0.863. The summed E-state index contributed by atoms with van der Waals surface area (Å²) < 4.78 is 0. The predicted molar refractivity (Wildman–Crippen MR) is 38.5 cm³/mol. The highest BCUT2D eigenvalue weighted by Crippen LogP contribution is 2.06. The first-order valence-corrected chi connectivity index (χ1v) is 3.01. The summed E-state index contributed by atoms with van der Waals surface area (Å²) in [6.45, 7) is 8.52. The SMILES string of the molecule is CC(C)CN1CC1.Cl. The van der Waals surface area contributed by atoms with Crippen LogP contribution in [0.15, 0.2) is 0 Å². The van der Waals surface area contributed by atoms with E-state index in [9.17, 15) is 0 Å². The van der Waals surface area contributed by atoms with Crippen LogP contribution in [0.1, 0.15) is 13.8 Å². The minimum Gasteiger partial charge on any atom is -0.301 e. The summed E-state index contributed by atoms with van der Waals surface area (Å²) in [4.78, 5) is 2.45. The van der Waals surface area contributed by atoms with Gasteiger partial charge in [-0.25, -0.2) is 0 Å². The molecule has 0 radical (unpaired) electrons. The van der Waals surface area contributed by atoms with E-state index >= 15 is 0 Å². The van der Waals surface area contributed by atoms with E-state index < -0.39 is 0 Å². The normalized spacial score (nSPS) is 18.4. The molecule has 2 heteroatoms. The summed E-state index contributed by atoms with van der Waals surface area (Å²) >= 11 is 0. The van der Waals surface area contributed by atoms with Crippen molar-refractivity contribution >= 4 is 12.4 Å². The van der Waals surface area contributed by atoms with Gasteiger partial charge in [-0.05, 0) is 5.92 Å². The van der Waals surface area contributed by atoms with Crippen LogP contribution in [0.2, 0.25) is 0 Å². The van der Waals surface area contributed by atoms with Crippen molar-refractivity contribution in [3.05, 3.63) is 0 Å². The van der Waals surface area contributed by atoms with Crippen LogP contribution >= 0.6 is 12.4 Å². The summed E-state index contributed by atoms with van der Waals surface area (Å²) in [6, 6.07) is 0. The van der Waals surface area contributed by atoms with Gasteiger partial charge in [0.2, 0.25) is 0 Å². The lowest BCUT2D eigenvalue weighted by atomic mass is 10.2. The van der Waals surface area contributed by atoms with E-state index in [1.807, 2.05) is 0 Å². The average Bonchev–Trinajstić information content (AvgIpc) is 2.17. The molecule has 8 heavy (non-hydrogen) atoms. The zero-order chi connectivity index (χ0) is 5.28. The molecule has 0 atom stereocenters. The van der Waals surface area contributed by atoms with Gasteiger partial charge in [-0.1, -0.05) is 13.8 Å². The van der Waals surface area contributed by atoms with Crippen LogP contribution in [0, 0.1) is 5.92 Å². The van der Waals surface area contributed by atoms with Crippen LogP contribution in [-0.4, -0.2) is 24.5 Å². The smallest absolute Gasteiger partial charge is 0.0110 e. The van der Waals surface area contributed by atoms with Crippen LogP contribution in [0.4, 0.5) is 0 Å². The molecule has 0 aliphatic carbocycles. The van der Waals surface area contributed by atoms with Crippen molar-refractivity contribution in [2.45, 2.75) is 13.8 Å². The molecule has 0 unspecified atom stereocenters. The third-order valence-corrected chi connectivity index (χ3v) is 1.16. The van der Waals surface area contributed by atoms with Gasteiger partial charge < -0.3 is 4.90 Å². The Morgan fingerprint density at radius 3 is 2.00 bits per heavy atom. The van der Waals surface area contributed by atoms with Gasteiger partial charge in [0.1, 0.15) is 0 Å². The minimum absolute atomic E-state index is 0. The Morgan fingerprint density at radius 2 is 1.88 bits per heavy atom. The minimum atomic E-state index is 0. The van der Waals surface area contributed by atoms with Crippen molar-refractivity contribution in [1.29, 1.82) is 0 Å². The Balaban J connectivity index is 0.000000490. The molecule has 0 aromatic rings. The molecule has 0 amide bonds. The second-order valence-corrected chi connectivity index (χ2v) is 2.69. The molecule has 1 aliphatic heterocycles.